The van der Waals surface area contributed by atoms with Crippen LogP contribution in [0.25, 0.3) is 0 Å². The molecule has 0 saturated heterocycles. The Morgan fingerprint density at radius 1 is 0.794 bits per heavy atom. The molecule has 197 valence electrons. The zero-order chi connectivity index (χ0) is 26.2. The molecule has 1 rings (SSSR count). The third kappa shape index (κ3) is 9.15. The molecule has 0 amide bonds. The van der Waals surface area contributed by atoms with E-state index in [-0.39, 0.29) is 10.8 Å². The Morgan fingerprint density at radius 2 is 1.26 bits per heavy atom. The van der Waals surface area contributed by atoms with Gasteiger partial charge in [-0.1, -0.05) is 139 Å². The Labute approximate surface area is 214 Å². The van der Waals surface area contributed by atoms with E-state index in [4.69, 9.17) is 0 Å². The minimum atomic E-state index is -2.49. The monoisotopic (exact) mass is 489 g/mol. The van der Waals surface area contributed by atoms with Gasteiger partial charge in [-0.05, 0) is 46.3 Å². The molecule has 1 aromatic carbocycles. The molecule has 34 heavy (non-hydrogen) atoms. The van der Waals surface area contributed by atoms with Crippen molar-refractivity contribution in [3.05, 3.63) is 40.5 Å². The first-order valence-corrected chi connectivity index (χ1v) is 16.4. The van der Waals surface area contributed by atoms with Gasteiger partial charge in [0.25, 0.3) is 0 Å². The number of unbranched alkanes of at least 4 members (excludes halogenated alkanes) is 2. The molecule has 1 radical (unpaired) electrons. The molecule has 0 spiro atoms. The largest absolute Gasteiger partial charge is 0.323 e. The van der Waals surface area contributed by atoms with E-state index in [1.165, 1.54) is 60.9 Å². The molecule has 2 unspecified atom stereocenters. The quantitative estimate of drug-likeness (QED) is 0.237. The van der Waals surface area contributed by atoms with Gasteiger partial charge in [0.15, 0.2) is 0 Å². The van der Waals surface area contributed by atoms with Crippen molar-refractivity contribution in [3.8, 4) is 0 Å². The average molecular weight is 490 g/mol. The lowest BCUT2D eigenvalue weighted by Gasteiger charge is -2.35. The van der Waals surface area contributed by atoms with Crippen LogP contribution in [0.5, 0.6) is 0 Å². The smallest absolute Gasteiger partial charge is 0.0993 e. The van der Waals surface area contributed by atoms with Crippen molar-refractivity contribution in [3.63, 3.8) is 0 Å². The van der Waals surface area contributed by atoms with Crippen molar-refractivity contribution < 1.29 is 4.57 Å². The van der Waals surface area contributed by atoms with Crippen LogP contribution in [0.4, 0.5) is 0 Å². The first-order chi connectivity index (χ1) is 15.7. The van der Waals surface area contributed by atoms with Crippen molar-refractivity contribution in [2.75, 3.05) is 12.3 Å². The van der Waals surface area contributed by atoms with Gasteiger partial charge in [-0.2, -0.15) is 0 Å². The highest BCUT2D eigenvalue weighted by Gasteiger charge is 2.38. The first kappa shape index (κ1) is 31.5. The summed E-state index contributed by atoms with van der Waals surface area (Å²) in [6.45, 7) is 25.1. The van der Waals surface area contributed by atoms with E-state index in [0.717, 1.165) is 25.2 Å². The summed E-state index contributed by atoms with van der Waals surface area (Å²) >= 11 is 0. The second-order valence-electron chi connectivity index (χ2n) is 12.9. The van der Waals surface area contributed by atoms with Crippen LogP contribution in [0.1, 0.15) is 144 Å². The van der Waals surface area contributed by atoms with Gasteiger partial charge in [0.05, 0.1) is 12.8 Å². The number of hydrogen-bond acceptors (Lipinski definition) is 1. The SMILES string of the molecule is CCCCC(CC)CP(=O)(CC(CC)CCCC)[C](C)c1ccc(C(C)(C)C)cc1C(C)(C)C. The Kier molecular flexibility index (Phi) is 12.7. The van der Waals surface area contributed by atoms with E-state index < -0.39 is 7.14 Å². The van der Waals surface area contributed by atoms with Crippen molar-refractivity contribution >= 4 is 7.14 Å². The predicted octanol–water partition coefficient (Wildman–Crippen LogP) is 11.0. The minimum absolute atomic E-state index is 0.0153. The molecule has 2 atom stereocenters. The molecule has 0 aromatic heterocycles. The van der Waals surface area contributed by atoms with Crippen molar-refractivity contribution in [2.24, 2.45) is 11.8 Å². The molecular weight excluding hydrogens is 431 g/mol. The standard InChI is InChI=1S/C32H58OP/c1-12-16-18-26(14-3)23-34(33,24-27(15-4)19-17-13-2)25(5)29-21-20-28(31(6,7)8)22-30(29)32(9,10)11/h20-22,26-27H,12-19,23-24H2,1-11H3. The molecule has 2 heteroatoms. The topological polar surface area (TPSA) is 17.1 Å². The normalized spacial score (nSPS) is 16.5. The Hall–Kier alpha value is -0.550. The summed E-state index contributed by atoms with van der Waals surface area (Å²) in [6, 6.07) is 7.01. The van der Waals surface area contributed by atoms with Crippen LogP contribution < -0.4 is 0 Å². The summed E-state index contributed by atoms with van der Waals surface area (Å²) in [5.41, 5.74) is 5.31. The van der Waals surface area contributed by atoms with E-state index in [2.05, 4.69) is 94.4 Å². The van der Waals surface area contributed by atoms with Gasteiger partial charge in [-0.15, -0.1) is 0 Å². The minimum Gasteiger partial charge on any atom is -0.323 e. The third-order valence-corrected chi connectivity index (χ3v) is 11.6. The van der Waals surface area contributed by atoms with Crippen LogP contribution in [0.15, 0.2) is 18.2 Å². The highest BCUT2D eigenvalue weighted by Crippen LogP contribution is 2.62. The van der Waals surface area contributed by atoms with Crippen LogP contribution in [-0.4, -0.2) is 12.3 Å². The molecule has 0 aliphatic carbocycles. The van der Waals surface area contributed by atoms with Crippen molar-refractivity contribution in [1.29, 1.82) is 0 Å². The van der Waals surface area contributed by atoms with Gasteiger partial charge < -0.3 is 4.57 Å². The lowest BCUT2D eigenvalue weighted by molar-refractivity contribution is 0.463. The summed E-state index contributed by atoms with van der Waals surface area (Å²) in [5, 5.41) is 0. The summed E-state index contributed by atoms with van der Waals surface area (Å²) in [4.78, 5) is 0. The predicted molar refractivity (Wildman–Crippen MR) is 156 cm³/mol. The molecule has 0 heterocycles. The average Bonchev–Trinajstić information content (AvgIpc) is 2.77. The highest BCUT2D eigenvalue weighted by molar-refractivity contribution is 7.67. The van der Waals surface area contributed by atoms with Gasteiger partial charge in [0.2, 0.25) is 0 Å². The Balaban J connectivity index is 3.54. The van der Waals surface area contributed by atoms with Gasteiger partial charge >= 0.3 is 0 Å². The highest BCUT2D eigenvalue weighted by atomic mass is 31.2. The van der Waals surface area contributed by atoms with Crippen molar-refractivity contribution in [1.82, 2.24) is 0 Å². The third-order valence-electron chi connectivity index (χ3n) is 7.89. The molecule has 1 aromatic rings. The van der Waals surface area contributed by atoms with E-state index in [0.29, 0.717) is 11.8 Å². The second-order valence-corrected chi connectivity index (χ2v) is 16.1. The number of rotatable bonds is 14. The molecular formula is C32H58OP. The second kappa shape index (κ2) is 13.7. The lowest BCUT2D eigenvalue weighted by Crippen LogP contribution is -2.22. The molecule has 0 fully saturated rings. The Morgan fingerprint density at radius 3 is 1.62 bits per heavy atom. The summed E-state index contributed by atoms with van der Waals surface area (Å²) in [5.74, 6) is 1.13. The van der Waals surface area contributed by atoms with Gasteiger partial charge in [-0.3, -0.25) is 0 Å². The lowest BCUT2D eigenvalue weighted by atomic mass is 9.78. The van der Waals surface area contributed by atoms with Gasteiger partial charge in [0, 0.05) is 12.3 Å². The first-order valence-electron chi connectivity index (χ1n) is 14.3. The maximum absolute atomic E-state index is 15.1. The Bertz CT molecular complexity index is 742. The van der Waals surface area contributed by atoms with Crippen LogP contribution in [-0.2, 0) is 15.4 Å². The molecule has 1 nitrogen and oxygen atoms in total. The fourth-order valence-electron chi connectivity index (χ4n) is 5.18. The van der Waals surface area contributed by atoms with Crippen molar-refractivity contribution in [2.45, 2.75) is 138 Å². The molecule has 0 aliphatic rings. The van der Waals surface area contributed by atoms with E-state index >= 15 is 4.57 Å². The molecule has 0 saturated carbocycles. The van der Waals surface area contributed by atoms with E-state index in [9.17, 15) is 0 Å². The van der Waals surface area contributed by atoms with Crippen LogP contribution in [0, 0.1) is 17.5 Å². The van der Waals surface area contributed by atoms with Crippen LogP contribution >= 0.6 is 7.14 Å². The zero-order valence-electron chi connectivity index (χ0n) is 24.8. The molecule has 0 bridgehead atoms. The summed E-state index contributed by atoms with van der Waals surface area (Å²) < 4.78 is 15.1. The summed E-state index contributed by atoms with van der Waals surface area (Å²) in [7, 11) is -2.49. The number of hydrogen-bond donors (Lipinski definition) is 0. The van der Waals surface area contributed by atoms with Gasteiger partial charge in [0.1, 0.15) is 0 Å². The molecule has 0 N–H and O–H groups in total. The van der Waals surface area contributed by atoms with Gasteiger partial charge in [-0.25, -0.2) is 0 Å². The molecule has 0 aliphatic heterocycles. The zero-order valence-corrected chi connectivity index (χ0v) is 25.7. The fourth-order valence-corrected chi connectivity index (χ4v) is 9.06. The van der Waals surface area contributed by atoms with Crippen LogP contribution in [0.3, 0.4) is 0 Å². The maximum atomic E-state index is 15.1. The van der Waals surface area contributed by atoms with E-state index in [1.807, 2.05) is 0 Å². The summed E-state index contributed by atoms with van der Waals surface area (Å²) in [6.07, 6.45) is 11.4. The maximum Gasteiger partial charge on any atom is 0.0993 e. The van der Waals surface area contributed by atoms with Crippen LogP contribution in [0.2, 0.25) is 0 Å². The fraction of sp³-hybridized carbons (Fsp3) is 0.781. The number of benzene rings is 1. The van der Waals surface area contributed by atoms with E-state index in [1.54, 1.807) is 0 Å².